The maximum absolute atomic E-state index is 12.1. The maximum atomic E-state index is 12.1. The predicted octanol–water partition coefficient (Wildman–Crippen LogP) is 0.653. The highest BCUT2D eigenvalue weighted by atomic mass is 16.5. The maximum Gasteiger partial charge on any atom is 0.257 e. The Morgan fingerprint density at radius 3 is 2.86 bits per heavy atom. The van der Waals surface area contributed by atoms with E-state index < -0.39 is 0 Å². The molecule has 112 valence electrons. The van der Waals surface area contributed by atoms with Crippen LogP contribution in [0.1, 0.15) is 6.42 Å². The summed E-state index contributed by atoms with van der Waals surface area (Å²) in [4.78, 5) is 23.2. The molecular formula is C15H19N3O3. The molecule has 0 heterocycles. The number of benzene rings is 1. The number of anilines is 1. The molecule has 2 rings (SSSR count). The van der Waals surface area contributed by atoms with Crippen LogP contribution in [0.3, 0.4) is 0 Å². The highest BCUT2D eigenvalue weighted by Gasteiger charge is 2.22. The topological polar surface area (TPSA) is 93.5 Å². The summed E-state index contributed by atoms with van der Waals surface area (Å²) in [5.41, 5.74) is 6.36. The molecule has 1 aromatic carbocycles. The lowest BCUT2D eigenvalue weighted by molar-refractivity contribution is -0.122. The third-order valence-corrected chi connectivity index (χ3v) is 3.20. The van der Waals surface area contributed by atoms with Gasteiger partial charge in [-0.05, 0) is 18.6 Å². The van der Waals surface area contributed by atoms with Gasteiger partial charge in [0.2, 0.25) is 5.91 Å². The van der Waals surface area contributed by atoms with Gasteiger partial charge in [-0.2, -0.15) is 0 Å². The van der Waals surface area contributed by atoms with Gasteiger partial charge in [0.05, 0.1) is 5.92 Å². The standard InChI is InChI=1S/C15H19N3O3/c1-17-14(19)9-21-13-4-2-3-12(8-13)18-15(20)10-5-6-11(16)7-10/h2-6,8,10-11H,7,9,16H2,1H3,(H,17,19)(H,18,20). The van der Waals surface area contributed by atoms with Crippen LogP contribution in [0.2, 0.25) is 0 Å². The van der Waals surface area contributed by atoms with Crippen molar-refractivity contribution in [3.8, 4) is 5.75 Å². The zero-order valence-electron chi connectivity index (χ0n) is 11.8. The number of hydrogen-bond donors (Lipinski definition) is 3. The number of rotatable bonds is 5. The van der Waals surface area contributed by atoms with Crippen LogP contribution in [0.4, 0.5) is 5.69 Å². The molecule has 0 saturated carbocycles. The molecule has 0 saturated heterocycles. The molecule has 6 heteroatoms. The minimum Gasteiger partial charge on any atom is -0.484 e. The summed E-state index contributed by atoms with van der Waals surface area (Å²) < 4.78 is 5.33. The van der Waals surface area contributed by atoms with Gasteiger partial charge in [-0.15, -0.1) is 0 Å². The molecule has 0 aromatic heterocycles. The van der Waals surface area contributed by atoms with Gasteiger partial charge in [0, 0.05) is 24.8 Å². The zero-order valence-corrected chi connectivity index (χ0v) is 11.8. The first kappa shape index (κ1) is 15.1. The van der Waals surface area contributed by atoms with Crippen LogP contribution in [-0.4, -0.2) is 31.5 Å². The number of carbonyl (C=O) groups excluding carboxylic acids is 2. The second-order valence-electron chi connectivity index (χ2n) is 4.87. The third-order valence-electron chi connectivity index (χ3n) is 3.20. The predicted molar refractivity (Wildman–Crippen MR) is 79.9 cm³/mol. The Labute approximate surface area is 123 Å². The van der Waals surface area contributed by atoms with Crippen LogP contribution in [-0.2, 0) is 9.59 Å². The van der Waals surface area contributed by atoms with Crippen LogP contribution in [0.15, 0.2) is 36.4 Å². The van der Waals surface area contributed by atoms with E-state index in [1.165, 1.54) is 0 Å². The van der Waals surface area contributed by atoms with Crippen LogP contribution >= 0.6 is 0 Å². The number of nitrogens with one attached hydrogen (secondary N) is 2. The first-order valence-electron chi connectivity index (χ1n) is 6.76. The van der Waals surface area contributed by atoms with Gasteiger partial charge in [-0.1, -0.05) is 18.2 Å². The molecule has 2 amide bonds. The lowest BCUT2D eigenvalue weighted by atomic mass is 10.1. The largest absolute Gasteiger partial charge is 0.484 e. The molecule has 21 heavy (non-hydrogen) atoms. The number of nitrogens with two attached hydrogens (primary N) is 1. The van der Waals surface area contributed by atoms with Crippen LogP contribution < -0.4 is 21.1 Å². The van der Waals surface area contributed by atoms with Crippen LogP contribution in [0.25, 0.3) is 0 Å². The second kappa shape index (κ2) is 6.90. The van der Waals surface area contributed by atoms with Crippen molar-refractivity contribution in [2.45, 2.75) is 12.5 Å². The van der Waals surface area contributed by atoms with Crippen molar-refractivity contribution in [3.05, 3.63) is 36.4 Å². The van der Waals surface area contributed by atoms with Crippen molar-refractivity contribution >= 4 is 17.5 Å². The smallest absolute Gasteiger partial charge is 0.257 e. The lowest BCUT2D eigenvalue weighted by Crippen LogP contribution is -2.25. The van der Waals surface area contributed by atoms with Gasteiger partial charge in [-0.25, -0.2) is 0 Å². The molecule has 1 aromatic rings. The van der Waals surface area contributed by atoms with Crippen molar-refractivity contribution in [2.24, 2.45) is 11.7 Å². The SMILES string of the molecule is CNC(=O)COc1cccc(NC(=O)C2C=CC(N)C2)c1. The molecule has 1 aliphatic rings. The number of amides is 2. The lowest BCUT2D eigenvalue weighted by Gasteiger charge is -2.12. The monoisotopic (exact) mass is 289 g/mol. The molecule has 0 aliphatic heterocycles. The summed E-state index contributed by atoms with van der Waals surface area (Å²) in [5, 5.41) is 5.29. The summed E-state index contributed by atoms with van der Waals surface area (Å²) in [7, 11) is 1.54. The van der Waals surface area contributed by atoms with Gasteiger partial charge < -0.3 is 21.1 Å². The van der Waals surface area contributed by atoms with E-state index in [1.807, 2.05) is 12.2 Å². The second-order valence-corrected chi connectivity index (χ2v) is 4.87. The van der Waals surface area contributed by atoms with Gasteiger partial charge in [0.15, 0.2) is 6.61 Å². The Kier molecular flexibility index (Phi) is 4.94. The first-order chi connectivity index (χ1) is 10.1. The normalized spacial score (nSPS) is 20.1. The van der Waals surface area contributed by atoms with Crippen LogP contribution in [0, 0.1) is 5.92 Å². The van der Waals surface area contributed by atoms with Gasteiger partial charge in [0.1, 0.15) is 5.75 Å². The van der Waals surface area contributed by atoms with Crippen molar-refractivity contribution < 1.29 is 14.3 Å². The highest BCUT2D eigenvalue weighted by molar-refractivity contribution is 5.94. The Morgan fingerprint density at radius 2 is 2.19 bits per heavy atom. The van der Waals surface area contributed by atoms with E-state index in [0.29, 0.717) is 17.9 Å². The van der Waals surface area contributed by atoms with E-state index in [1.54, 1.807) is 31.3 Å². The van der Waals surface area contributed by atoms with Gasteiger partial charge in [-0.3, -0.25) is 9.59 Å². The van der Waals surface area contributed by atoms with E-state index in [0.717, 1.165) is 0 Å². The number of carbonyl (C=O) groups is 2. The fraction of sp³-hybridized carbons (Fsp3) is 0.333. The van der Waals surface area contributed by atoms with E-state index >= 15 is 0 Å². The van der Waals surface area contributed by atoms with E-state index in [-0.39, 0.29) is 30.4 Å². The highest BCUT2D eigenvalue weighted by Crippen LogP contribution is 2.21. The Morgan fingerprint density at radius 1 is 1.38 bits per heavy atom. The molecule has 6 nitrogen and oxygen atoms in total. The zero-order chi connectivity index (χ0) is 15.2. The summed E-state index contributed by atoms with van der Waals surface area (Å²) in [5.74, 6) is 0.0164. The molecule has 1 aliphatic carbocycles. The summed E-state index contributed by atoms with van der Waals surface area (Å²) >= 11 is 0. The number of ether oxygens (including phenoxy) is 1. The Hall–Kier alpha value is -2.34. The summed E-state index contributed by atoms with van der Waals surface area (Å²) in [6.45, 7) is -0.0614. The minimum absolute atomic E-state index is 0.0528. The third kappa shape index (κ3) is 4.32. The molecule has 2 unspecified atom stereocenters. The quantitative estimate of drug-likeness (QED) is 0.694. The van der Waals surface area contributed by atoms with Crippen molar-refractivity contribution in [1.29, 1.82) is 0 Å². The first-order valence-corrected chi connectivity index (χ1v) is 6.76. The fourth-order valence-electron chi connectivity index (χ4n) is 2.04. The van der Waals surface area contributed by atoms with Crippen molar-refractivity contribution in [3.63, 3.8) is 0 Å². The minimum atomic E-state index is -0.213. The molecule has 0 bridgehead atoms. The van der Waals surface area contributed by atoms with E-state index in [9.17, 15) is 9.59 Å². The average Bonchev–Trinajstić information content (AvgIpc) is 2.92. The Balaban J connectivity index is 1.93. The average molecular weight is 289 g/mol. The molecular weight excluding hydrogens is 270 g/mol. The summed E-state index contributed by atoms with van der Waals surface area (Å²) in [6, 6.07) is 6.88. The molecule has 0 fully saturated rings. The van der Waals surface area contributed by atoms with E-state index in [2.05, 4.69) is 10.6 Å². The van der Waals surface area contributed by atoms with Crippen molar-refractivity contribution in [1.82, 2.24) is 5.32 Å². The molecule has 4 N–H and O–H groups in total. The fourth-order valence-corrected chi connectivity index (χ4v) is 2.04. The van der Waals surface area contributed by atoms with Crippen LogP contribution in [0.5, 0.6) is 5.75 Å². The van der Waals surface area contributed by atoms with Gasteiger partial charge in [0.25, 0.3) is 5.91 Å². The van der Waals surface area contributed by atoms with E-state index in [4.69, 9.17) is 10.5 Å². The molecule has 0 radical (unpaired) electrons. The van der Waals surface area contributed by atoms with Crippen molar-refractivity contribution in [2.75, 3.05) is 19.0 Å². The number of hydrogen-bond acceptors (Lipinski definition) is 4. The molecule has 2 atom stereocenters. The summed E-state index contributed by atoms with van der Waals surface area (Å²) in [6.07, 6.45) is 4.29. The Bertz CT molecular complexity index is 557. The van der Waals surface area contributed by atoms with Gasteiger partial charge >= 0.3 is 0 Å². The number of likely N-dealkylation sites (N-methyl/N-ethyl adjacent to an activating group) is 1. The molecule has 0 spiro atoms.